The van der Waals surface area contributed by atoms with Crippen LogP contribution in [0.3, 0.4) is 0 Å². The Morgan fingerprint density at radius 3 is 2.82 bits per heavy atom. The van der Waals surface area contributed by atoms with E-state index < -0.39 is 0 Å². The zero-order valence-corrected chi connectivity index (χ0v) is 20.0. The molecule has 8 nitrogen and oxygen atoms in total. The molecule has 1 aromatic carbocycles. The second kappa shape index (κ2) is 9.35. The van der Waals surface area contributed by atoms with Crippen molar-refractivity contribution in [2.45, 2.75) is 39.2 Å². The van der Waals surface area contributed by atoms with Gasteiger partial charge in [0.1, 0.15) is 11.6 Å². The largest absolute Gasteiger partial charge is 0.495 e. The van der Waals surface area contributed by atoms with Crippen LogP contribution in [0.15, 0.2) is 23.2 Å². The highest BCUT2D eigenvalue weighted by Gasteiger charge is 2.40. The molecule has 0 N–H and O–H groups in total. The van der Waals surface area contributed by atoms with Crippen molar-refractivity contribution in [3.05, 3.63) is 40.3 Å². The first-order chi connectivity index (χ1) is 16.1. The smallest absolute Gasteiger partial charge is 0.281 e. The van der Waals surface area contributed by atoms with E-state index in [2.05, 4.69) is 14.5 Å². The van der Waals surface area contributed by atoms with E-state index >= 15 is 0 Å². The average Bonchev–Trinajstić information content (AvgIpc) is 3.18. The van der Waals surface area contributed by atoms with Crippen molar-refractivity contribution in [2.24, 2.45) is 10.9 Å². The summed E-state index contributed by atoms with van der Waals surface area (Å²) in [5, 5.41) is 0.557. The molecule has 176 valence electrons. The van der Waals surface area contributed by atoms with Gasteiger partial charge in [0.05, 0.1) is 12.1 Å². The Balaban J connectivity index is 1.59. The Morgan fingerprint density at radius 2 is 2.09 bits per heavy atom. The molecular formula is C24H30ClN5O3. The number of aromatic nitrogens is 2. The number of carbonyl (C=O) groups excluding carboxylic acids is 1. The van der Waals surface area contributed by atoms with E-state index in [0.29, 0.717) is 35.5 Å². The summed E-state index contributed by atoms with van der Waals surface area (Å²) in [6.45, 7) is 6.21. The monoisotopic (exact) mass is 471 g/mol. The third-order valence-electron chi connectivity index (χ3n) is 6.69. The minimum absolute atomic E-state index is 0.0327. The van der Waals surface area contributed by atoms with Gasteiger partial charge in [0.25, 0.3) is 5.91 Å². The van der Waals surface area contributed by atoms with Crippen LogP contribution in [0, 0.1) is 5.92 Å². The molecule has 3 aliphatic rings. The van der Waals surface area contributed by atoms with Gasteiger partial charge in [-0.05, 0) is 49.8 Å². The molecule has 0 saturated carbocycles. The number of imidazole rings is 1. The van der Waals surface area contributed by atoms with Gasteiger partial charge >= 0.3 is 0 Å². The lowest BCUT2D eigenvalue weighted by atomic mass is 9.96. The number of halogens is 1. The van der Waals surface area contributed by atoms with Crippen molar-refractivity contribution in [3.8, 4) is 5.75 Å². The molecule has 0 aliphatic carbocycles. The lowest BCUT2D eigenvalue weighted by Crippen LogP contribution is -2.54. The summed E-state index contributed by atoms with van der Waals surface area (Å²) < 4.78 is 13.0. The summed E-state index contributed by atoms with van der Waals surface area (Å²) in [4.78, 5) is 27.3. The van der Waals surface area contributed by atoms with Crippen LogP contribution in [0.1, 0.15) is 48.1 Å². The number of benzene rings is 1. The predicted molar refractivity (Wildman–Crippen MR) is 128 cm³/mol. The van der Waals surface area contributed by atoms with Crippen LogP contribution < -0.4 is 9.64 Å². The van der Waals surface area contributed by atoms with Crippen molar-refractivity contribution in [3.63, 3.8) is 0 Å². The number of ether oxygens (including phenoxy) is 2. The Kier molecular flexibility index (Phi) is 6.29. The van der Waals surface area contributed by atoms with Gasteiger partial charge in [0.15, 0.2) is 11.5 Å². The molecule has 33 heavy (non-hydrogen) atoms. The third-order valence-corrected chi connectivity index (χ3v) is 6.99. The van der Waals surface area contributed by atoms with Gasteiger partial charge in [0.2, 0.25) is 5.96 Å². The molecule has 1 amide bonds. The first kappa shape index (κ1) is 22.2. The fourth-order valence-electron chi connectivity index (χ4n) is 4.94. The number of nitrogens with zero attached hydrogens (tertiary/aromatic N) is 5. The maximum atomic E-state index is 13.7. The quantitative estimate of drug-likeness (QED) is 0.643. The number of rotatable bonds is 6. The molecule has 1 fully saturated rings. The zero-order chi connectivity index (χ0) is 22.9. The summed E-state index contributed by atoms with van der Waals surface area (Å²) in [5.74, 6) is 3.51. The SMILES string of the molecule is CCN1C(=O)c2c(nc(CC3CCOCC3)n2Cc2ccc(OC)c(Cl)c2)N2CCCN=C12. The molecular weight excluding hydrogens is 442 g/mol. The average molecular weight is 472 g/mol. The maximum absolute atomic E-state index is 13.7. The van der Waals surface area contributed by atoms with Crippen LogP contribution in [0.2, 0.25) is 5.02 Å². The van der Waals surface area contributed by atoms with Crippen molar-refractivity contribution in [2.75, 3.05) is 44.9 Å². The number of methoxy groups -OCH3 is 1. The lowest BCUT2D eigenvalue weighted by Gasteiger charge is -2.38. The molecule has 2 aromatic rings. The Hall–Kier alpha value is -2.58. The van der Waals surface area contributed by atoms with Crippen molar-refractivity contribution >= 4 is 29.3 Å². The summed E-state index contributed by atoms with van der Waals surface area (Å²) in [7, 11) is 1.61. The zero-order valence-electron chi connectivity index (χ0n) is 19.2. The highest BCUT2D eigenvalue weighted by atomic mass is 35.5. The Morgan fingerprint density at radius 1 is 1.27 bits per heavy atom. The molecule has 4 heterocycles. The van der Waals surface area contributed by atoms with Gasteiger partial charge in [-0.25, -0.2) is 4.98 Å². The normalized spacial score (nSPS) is 18.8. The number of anilines is 1. The van der Waals surface area contributed by atoms with Gasteiger partial charge in [-0.2, -0.15) is 0 Å². The standard InChI is InChI=1S/C24H30ClN5O3/c1-3-28-23(31)21-22(29-10-4-9-26-24(28)29)27-20(14-16-7-11-33-12-8-16)30(21)15-17-5-6-19(32-2)18(25)13-17/h5-6,13,16H,3-4,7-12,14-15H2,1-2H3. The van der Waals surface area contributed by atoms with E-state index in [1.807, 2.05) is 25.1 Å². The van der Waals surface area contributed by atoms with Crippen LogP contribution in [0.4, 0.5) is 5.82 Å². The van der Waals surface area contributed by atoms with E-state index in [0.717, 1.165) is 75.2 Å². The number of fused-ring (bicyclic) bond motifs is 3. The Bertz CT molecular complexity index is 1080. The molecule has 5 rings (SSSR count). The molecule has 0 spiro atoms. The van der Waals surface area contributed by atoms with E-state index in [4.69, 9.17) is 26.1 Å². The van der Waals surface area contributed by atoms with E-state index in [1.54, 1.807) is 12.0 Å². The number of aliphatic imine (C=N–C) groups is 1. The first-order valence-electron chi connectivity index (χ1n) is 11.7. The number of carbonyl (C=O) groups is 1. The van der Waals surface area contributed by atoms with Gasteiger partial charge in [-0.1, -0.05) is 17.7 Å². The summed E-state index contributed by atoms with van der Waals surface area (Å²) in [6.07, 6.45) is 3.79. The molecule has 0 bridgehead atoms. The second-order valence-corrected chi connectivity index (χ2v) is 9.16. The number of guanidine groups is 1. The van der Waals surface area contributed by atoms with Gasteiger partial charge in [-0.3, -0.25) is 19.6 Å². The highest BCUT2D eigenvalue weighted by molar-refractivity contribution is 6.32. The molecule has 1 saturated heterocycles. The van der Waals surface area contributed by atoms with E-state index in [1.165, 1.54) is 0 Å². The van der Waals surface area contributed by atoms with E-state index in [-0.39, 0.29) is 5.91 Å². The Labute approximate surface area is 199 Å². The minimum atomic E-state index is -0.0327. The second-order valence-electron chi connectivity index (χ2n) is 8.75. The van der Waals surface area contributed by atoms with Crippen LogP contribution in [0.25, 0.3) is 0 Å². The molecule has 9 heteroatoms. The summed E-state index contributed by atoms with van der Waals surface area (Å²) in [5.41, 5.74) is 1.65. The molecule has 3 aliphatic heterocycles. The van der Waals surface area contributed by atoms with Crippen LogP contribution in [-0.4, -0.2) is 66.3 Å². The van der Waals surface area contributed by atoms with Gasteiger partial charge < -0.3 is 14.0 Å². The van der Waals surface area contributed by atoms with Crippen LogP contribution in [-0.2, 0) is 17.7 Å². The summed E-state index contributed by atoms with van der Waals surface area (Å²) in [6, 6.07) is 5.77. The summed E-state index contributed by atoms with van der Waals surface area (Å²) >= 11 is 6.41. The van der Waals surface area contributed by atoms with Gasteiger partial charge in [-0.15, -0.1) is 0 Å². The number of hydrogen-bond acceptors (Lipinski definition) is 6. The topological polar surface area (TPSA) is 72.2 Å². The minimum Gasteiger partial charge on any atom is -0.495 e. The maximum Gasteiger partial charge on any atom is 0.281 e. The number of hydrogen-bond donors (Lipinski definition) is 0. The first-order valence-corrected chi connectivity index (χ1v) is 12.1. The predicted octanol–water partition coefficient (Wildman–Crippen LogP) is 3.60. The molecule has 0 unspecified atom stereocenters. The van der Waals surface area contributed by atoms with E-state index in [9.17, 15) is 4.79 Å². The van der Waals surface area contributed by atoms with Crippen molar-refractivity contribution in [1.29, 1.82) is 0 Å². The van der Waals surface area contributed by atoms with Crippen molar-refractivity contribution in [1.82, 2.24) is 14.5 Å². The molecule has 1 aromatic heterocycles. The number of amides is 1. The van der Waals surface area contributed by atoms with Crippen LogP contribution >= 0.6 is 11.6 Å². The fourth-order valence-corrected chi connectivity index (χ4v) is 5.22. The molecule has 0 radical (unpaired) electrons. The highest BCUT2D eigenvalue weighted by Crippen LogP contribution is 2.34. The molecule has 0 atom stereocenters. The fraction of sp³-hybridized carbons (Fsp3) is 0.542. The lowest BCUT2D eigenvalue weighted by molar-refractivity contribution is 0.0656. The van der Waals surface area contributed by atoms with Gasteiger partial charge in [0, 0.05) is 45.8 Å². The third kappa shape index (κ3) is 4.10. The van der Waals surface area contributed by atoms with Crippen molar-refractivity contribution < 1.29 is 14.3 Å². The van der Waals surface area contributed by atoms with Crippen LogP contribution in [0.5, 0.6) is 5.75 Å².